The van der Waals surface area contributed by atoms with Crippen LogP contribution in [0.15, 0.2) is 30.0 Å². The Morgan fingerprint density at radius 3 is 2.50 bits per heavy atom. The molecular formula is C19H24N4O5. The fraction of sp³-hybridized carbons (Fsp3) is 0.421. The number of carbonyl (C=O) groups excluding carboxylic acids is 2. The zero-order valence-electron chi connectivity index (χ0n) is 16.2. The van der Waals surface area contributed by atoms with E-state index in [1.807, 2.05) is 11.0 Å². The Hall–Kier alpha value is -3.41. The lowest BCUT2D eigenvalue weighted by Gasteiger charge is -2.33. The largest absolute Gasteiger partial charge is 0.497 e. The first-order chi connectivity index (χ1) is 13.5. The SMILES string of the molecule is CCOC(=O)N1CCN(/C=C(/C#N)C(=O)Nc2cc(OC)ccc2OC)CC1. The van der Waals surface area contributed by atoms with Gasteiger partial charge >= 0.3 is 6.09 Å². The molecule has 0 aromatic heterocycles. The Morgan fingerprint density at radius 1 is 1.21 bits per heavy atom. The molecule has 0 aliphatic carbocycles. The molecule has 2 amide bonds. The van der Waals surface area contributed by atoms with Crippen LogP contribution in [0.4, 0.5) is 10.5 Å². The number of nitrogens with zero attached hydrogens (tertiary/aromatic N) is 3. The van der Waals surface area contributed by atoms with Crippen LogP contribution in [0.1, 0.15) is 6.92 Å². The van der Waals surface area contributed by atoms with Crippen LogP contribution in [0.3, 0.4) is 0 Å². The predicted octanol–water partition coefficient (Wildman–Crippen LogP) is 1.82. The van der Waals surface area contributed by atoms with Crippen LogP contribution in [0.25, 0.3) is 0 Å². The van der Waals surface area contributed by atoms with Crippen molar-refractivity contribution < 1.29 is 23.8 Å². The molecule has 2 rings (SSSR count). The minimum absolute atomic E-state index is 0.0468. The number of hydrogen-bond acceptors (Lipinski definition) is 7. The van der Waals surface area contributed by atoms with E-state index in [4.69, 9.17) is 14.2 Å². The summed E-state index contributed by atoms with van der Waals surface area (Å²) in [5, 5.41) is 12.1. The van der Waals surface area contributed by atoms with Crippen LogP contribution in [-0.2, 0) is 9.53 Å². The first-order valence-corrected chi connectivity index (χ1v) is 8.83. The van der Waals surface area contributed by atoms with E-state index >= 15 is 0 Å². The fourth-order valence-electron chi connectivity index (χ4n) is 2.67. The third-order valence-corrected chi connectivity index (χ3v) is 4.17. The average molecular weight is 388 g/mol. The summed E-state index contributed by atoms with van der Waals surface area (Å²) < 4.78 is 15.4. The third-order valence-electron chi connectivity index (χ3n) is 4.17. The summed E-state index contributed by atoms with van der Waals surface area (Å²) in [6.07, 6.45) is 1.15. The number of piperazine rings is 1. The average Bonchev–Trinajstić information content (AvgIpc) is 2.72. The summed E-state index contributed by atoms with van der Waals surface area (Å²) in [4.78, 5) is 27.7. The Bertz CT molecular complexity index is 779. The number of anilines is 1. The highest BCUT2D eigenvalue weighted by molar-refractivity contribution is 6.07. The number of hydrogen-bond donors (Lipinski definition) is 1. The topological polar surface area (TPSA) is 104 Å². The van der Waals surface area contributed by atoms with Crippen molar-refractivity contribution in [3.8, 4) is 17.6 Å². The Kier molecular flexibility index (Phi) is 7.51. The van der Waals surface area contributed by atoms with E-state index in [1.54, 1.807) is 30.0 Å². The highest BCUT2D eigenvalue weighted by Gasteiger charge is 2.22. The van der Waals surface area contributed by atoms with Gasteiger partial charge in [-0.3, -0.25) is 4.79 Å². The summed E-state index contributed by atoms with van der Waals surface area (Å²) in [6, 6.07) is 6.91. The van der Waals surface area contributed by atoms with Gasteiger partial charge in [0.25, 0.3) is 5.91 Å². The lowest BCUT2D eigenvalue weighted by atomic mass is 10.2. The molecule has 1 aromatic carbocycles. The molecule has 1 saturated heterocycles. The summed E-state index contributed by atoms with van der Waals surface area (Å²) in [6.45, 7) is 4.00. The van der Waals surface area contributed by atoms with Crippen molar-refractivity contribution >= 4 is 17.7 Å². The van der Waals surface area contributed by atoms with Crippen molar-refractivity contribution in [3.63, 3.8) is 0 Å². The molecule has 1 heterocycles. The second-order valence-electron chi connectivity index (χ2n) is 5.90. The highest BCUT2D eigenvalue weighted by atomic mass is 16.6. The lowest BCUT2D eigenvalue weighted by molar-refractivity contribution is -0.112. The van der Waals surface area contributed by atoms with Crippen molar-refractivity contribution in [2.24, 2.45) is 0 Å². The van der Waals surface area contributed by atoms with E-state index in [0.717, 1.165) is 0 Å². The number of nitriles is 1. The molecule has 0 unspecified atom stereocenters. The van der Waals surface area contributed by atoms with Gasteiger partial charge in [-0.15, -0.1) is 0 Å². The van der Waals surface area contributed by atoms with Crippen molar-refractivity contribution in [3.05, 3.63) is 30.0 Å². The van der Waals surface area contributed by atoms with Gasteiger partial charge in [-0.1, -0.05) is 0 Å². The van der Waals surface area contributed by atoms with Gasteiger partial charge in [0.2, 0.25) is 0 Å². The molecule has 0 atom stereocenters. The monoisotopic (exact) mass is 388 g/mol. The lowest BCUT2D eigenvalue weighted by Crippen LogP contribution is -2.47. The zero-order valence-corrected chi connectivity index (χ0v) is 16.2. The molecule has 28 heavy (non-hydrogen) atoms. The third kappa shape index (κ3) is 5.30. The van der Waals surface area contributed by atoms with Gasteiger partial charge in [0.1, 0.15) is 23.1 Å². The Balaban J connectivity index is 2.04. The van der Waals surface area contributed by atoms with E-state index in [2.05, 4.69) is 5.32 Å². The molecular weight excluding hydrogens is 364 g/mol. The maximum absolute atomic E-state index is 12.5. The van der Waals surface area contributed by atoms with Crippen molar-refractivity contribution in [2.75, 3.05) is 52.3 Å². The Morgan fingerprint density at radius 2 is 1.93 bits per heavy atom. The van der Waals surface area contributed by atoms with E-state index in [9.17, 15) is 14.9 Å². The van der Waals surface area contributed by atoms with Crippen molar-refractivity contribution in [1.82, 2.24) is 9.80 Å². The molecule has 9 heteroatoms. The van der Waals surface area contributed by atoms with Crippen molar-refractivity contribution in [2.45, 2.75) is 6.92 Å². The van der Waals surface area contributed by atoms with Crippen LogP contribution in [0.2, 0.25) is 0 Å². The van der Waals surface area contributed by atoms with Gasteiger partial charge < -0.3 is 29.3 Å². The summed E-state index contributed by atoms with van der Waals surface area (Å²) in [5.41, 5.74) is 0.356. The first-order valence-electron chi connectivity index (χ1n) is 8.83. The maximum Gasteiger partial charge on any atom is 0.409 e. The smallest absolute Gasteiger partial charge is 0.409 e. The second-order valence-corrected chi connectivity index (χ2v) is 5.90. The number of rotatable bonds is 6. The molecule has 1 fully saturated rings. The van der Waals surface area contributed by atoms with E-state index in [1.165, 1.54) is 20.4 Å². The number of amides is 2. The number of nitrogens with one attached hydrogen (secondary N) is 1. The normalized spacial score (nSPS) is 14.1. The van der Waals surface area contributed by atoms with Gasteiger partial charge in [-0.2, -0.15) is 5.26 Å². The van der Waals surface area contributed by atoms with Crippen molar-refractivity contribution in [1.29, 1.82) is 5.26 Å². The van der Waals surface area contributed by atoms with Gasteiger partial charge in [-0.05, 0) is 19.1 Å². The van der Waals surface area contributed by atoms with Crippen LogP contribution in [0, 0.1) is 11.3 Å². The molecule has 1 N–H and O–H groups in total. The number of methoxy groups -OCH3 is 2. The molecule has 9 nitrogen and oxygen atoms in total. The quantitative estimate of drug-likeness (QED) is 0.585. The van der Waals surface area contributed by atoms with Gasteiger partial charge in [0, 0.05) is 38.4 Å². The molecule has 0 bridgehead atoms. The summed E-state index contributed by atoms with van der Waals surface area (Å²) >= 11 is 0. The Labute approximate surface area is 164 Å². The molecule has 150 valence electrons. The molecule has 0 radical (unpaired) electrons. The molecule has 1 aromatic rings. The zero-order chi connectivity index (χ0) is 20.5. The summed E-state index contributed by atoms with van der Waals surface area (Å²) in [7, 11) is 3.01. The number of benzene rings is 1. The minimum atomic E-state index is -0.554. The van der Waals surface area contributed by atoms with E-state index < -0.39 is 5.91 Å². The van der Waals surface area contributed by atoms with Crippen LogP contribution >= 0.6 is 0 Å². The maximum atomic E-state index is 12.5. The molecule has 1 aliphatic heterocycles. The molecule has 0 spiro atoms. The van der Waals surface area contributed by atoms with E-state index in [0.29, 0.717) is 50.0 Å². The first kappa shape index (κ1) is 20.9. The molecule has 0 saturated carbocycles. The van der Waals surface area contributed by atoms with Gasteiger partial charge in [0.15, 0.2) is 0 Å². The standard InChI is InChI=1S/C19H24N4O5/c1-4-28-19(25)23-9-7-22(8-10-23)13-14(12-20)18(24)21-16-11-15(26-2)5-6-17(16)27-3/h5-6,11,13H,4,7-10H2,1-3H3,(H,21,24)/b14-13-. The fourth-order valence-corrected chi connectivity index (χ4v) is 2.67. The highest BCUT2D eigenvalue weighted by Crippen LogP contribution is 2.29. The van der Waals surface area contributed by atoms with E-state index in [-0.39, 0.29) is 11.7 Å². The summed E-state index contributed by atoms with van der Waals surface area (Å²) in [5.74, 6) is 0.449. The van der Waals surface area contributed by atoms with Crippen LogP contribution < -0.4 is 14.8 Å². The predicted molar refractivity (Wildman–Crippen MR) is 102 cm³/mol. The number of carbonyl (C=O) groups is 2. The minimum Gasteiger partial charge on any atom is -0.497 e. The van der Waals surface area contributed by atoms with Gasteiger partial charge in [0.05, 0.1) is 26.5 Å². The second kappa shape index (κ2) is 10.1. The molecule has 1 aliphatic rings. The van der Waals surface area contributed by atoms with Crippen LogP contribution in [0.5, 0.6) is 11.5 Å². The van der Waals surface area contributed by atoms with Crippen LogP contribution in [-0.4, -0.2) is 68.8 Å². The number of ether oxygens (including phenoxy) is 3. The van der Waals surface area contributed by atoms with Gasteiger partial charge in [-0.25, -0.2) is 4.79 Å².